The quantitative estimate of drug-likeness (QED) is 0.838. The van der Waals surface area contributed by atoms with Crippen molar-refractivity contribution in [3.05, 3.63) is 0 Å². The third-order valence-electron chi connectivity index (χ3n) is 4.65. The van der Waals surface area contributed by atoms with Crippen molar-refractivity contribution in [3.63, 3.8) is 0 Å². The predicted octanol–water partition coefficient (Wildman–Crippen LogP) is 1.07. The number of hydrogen-bond acceptors (Lipinski definition) is 3. The molecule has 0 aromatic heterocycles. The summed E-state index contributed by atoms with van der Waals surface area (Å²) in [5.74, 6) is 0.848. The molecule has 20 heavy (non-hydrogen) atoms. The molecule has 5 nitrogen and oxygen atoms in total. The number of hydrogen-bond donors (Lipinski definition) is 1. The smallest absolute Gasteiger partial charge is 0.320 e. The van der Waals surface area contributed by atoms with E-state index >= 15 is 0 Å². The Balaban J connectivity index is 1.72. The minimum Gasteiger partial charge on any atom is -0.325 e. The van der Waals surface area contributed by atoms with Gasteiger partial charge in [0, 0.05) is 45.8 Å². The molecule has 0 aromatic carbocycles. The van der Waals surface area contributed by atoms with Crippen molar-refractivity contribution in [3.8, 4) is 0 Å². The average Bonchev–Trinajstić information content (AvgIpc) is 2.50. The molecule has 2 fully saturated rings. The maximum absolute atomic E-state index is 12.3. The third-order valence-corrected chi connectivity index (χ3v) is 4.65. The normalized spacial score (nSPS) is 22.0. The van der Waals surface area contributed by atoms with Crippen LogP contribution in [-0.4, -0.2) is 79.6 Å². The van der Waals surface area contributed by atoms with Gasteiger partial charge in [-0.05, 0) is 45.7 Å². The number of nitrogens with zero attached hydrogens (tertiary/aromatic N) is 3. The molecule has 0 radical (unpaired) electrons. The van der Waals surface area contributed by atoms with Crippen molar-refractivity contribution in [1.82, 2.24) is 20.0 Å². The zero-order valence-corrected chi connectivity index (χ0v) is 13.1. The second-order valence-corrected chi connectivity index (χ2v) is 5.94. The first-order valence-electron chi connectivity index (χ1n) is 8.21. The maximum atomic E-state index is 12.3. The van der Waals surface area contributed by atoms with E-state index in [1.54, 1.807) is 0 Å². The number of piperazine rings is 1. The fraction of sp³-hybridized carbons (Fsp3) is 0.933. The Morgan fingerprint density at radius 1 is 1.10 bits per heavy atom. The van der Waals surface area contributed by atoms with Crippen LogP contribution in [0.2, 0.25) is 0 Å². The van der Waals surface area contributed by atoms with Crippen molar-refractivity contribution in [2.24, 2.45) is 5.92 Å². The number of carbonyl (C=O) groups is 1. The molecule has 5 heteroatoms. The molecule has 0 aliphatic carbocycles. The lowest BCUT2D eigenvalue weighted by Crippen LogP contribution is -2.53. The molecule has 0 spiro atoms. The highest BCUT2D eigenvalue weighted by Gasteiger charge is 2.25. The molecule has 1 N–H and O–H groups in total. The molecule has 0 aromatic rings. The molecule has 2 aliphatic rings. The molecule has 2 saturated heterocycles. The number of amides is 2. The zero-order valence-electron chi connectivity index (χ0n) is 13.1. The number of piperidine rings is 1. The van der Waals surface area contributed by atoms with Gasteiger partial charge < -0.3 is 15.1 Å². The van der Waals surface area contributed by atoms with Gasteiger partial charge in [-0.25, -0.2) is 4.79 Å². The monoisotopic (exact) mass is 282 g/mol. The molecule has 0 atom stereocenters. The van der Waals surface area contributed by atoms with E-state index in [0.29, 0.717) is 0 Å². The van der Waals surface area contributed by atoms with E-state index in [0.717, 1.165) is 45.2 Å². The van der Waals surface area contributed by atoms with E-state index in [-0.39, 0.29) is 6.03 Å². The topological polar surface area (TPSA) is 38.8 Å². The highest BCUT2D eigenvalue weighted by atomic mass is 16.2. The molecule has 2 aliphatic heterocycles. The van der Waals surface area contributed by atoms with Crippen molar-refractivity contribution in [2.45, 2.75) is 26.7 Å². The van der Waals surface area contributed by atoms with Crippen molar-refractivity contribution < 1.29 is 4.79 Å². The standard InChI is InChI=1S/C15H30N4O/c1-3-18(4-2)15(20)19-11-9-17(10-12-19)13-14-5-7-16-8-6-14/h14,16H,3-13H2,1-2H3. The highest BCUT2D eigenvalue weighted by Crippen LogP contribution is 2.15. The molecule has 2 amide bonds. The Hall–Kier alpha value is -0.810. The predicted molar refractivity (Wildman–Crippen MR) is 81.9 cm³/mol. The van der Waals surface area contributed by atoms with E-state index in [1.165, 1.54) is 32.5 Å². The minimum atomic E-state index is 0.219. The Morgan fingerprint density at radius 2 is 1.70 bits per heavy atom. The summed E-state index contributed by atoms with van der Waals surface area (Å²) >= 11 is 0. The summed E-state index contributed by atoms with van der Waals surface area (Å²) in [6.07, 6.45) is 2.61. The molecular formula is C15H30N4O. The lowest BCUT2D eigenvalue weighted by atomic mass is 9.97. The van der Waals surface area contributed by atoms with Crippen LogP contribution in [0, 0.1) is 5.92 Å². The van der Waals surface area contributed by atoms with Crippen molar-refractivity contribution in [1.29, 1.82) is 0 Å². The third kappa shape index (κ3) is 4.09. The largest absolute Gasteiger partial charge is 0.325 e. The van der Waals surface area contributed by atoms with Crippen LogP contribution in [0.25, 0.3) is 0 Å². The minimum absolute atomic E-state index is 0.219. The number of nitrogens with one attached hydrogen (secondary N) is 1. The van der Waals surface area contributed by atoms with E-state index in [4.69, 9.17) is 0 Å². The van der Waals surface area contributed by atoms with Gasteiger partial charge in [0.2, 0.25) is 0 Å². The first-order valence-corrected chi connectivity index (χ1v) is 8.21. The highest BCUT2D eigenvalue weighted by molar-refractivity contribution is 5.74. The Bertz CT molecular complexity index is 292. The van der Waals surface area contributed by atoms with E-state index in [2.05, 4.69) is 24.1 Å². The average molecular weight is 282 g/mol. The van der Waals surface area contributed by atoms with Gasteiger partial charge in [-0.2, -0.15) is 0 Å². The van der Waals surface area contributed by atoms with Gasteiger partial charge in [0.15, 0.2) is 0 Å². The lowest BCUT2D eigenvalue weighted by Gasteiger charge is -2.39. The second kappa shape index (κ2) is 7.84. The summed E-state index contributed by atoms with van der Waals surface area (Å²) in [5, 5.41) is 3.42. The van der Waals surface area contributed by atoms with Crippen LogP contribution >= 0.6 is 0 Å². The summed E-state index contributed by atoms with van der Waals surface area (Å²) in [6, 6.07) is 0.219. The van der Waals surface area contributed by atoms with Crippen LogP contribution in [0.1, 0.15) is 26.7 Å². The van der Waals surface area contributed by atoms with Crippen LogP contribution in [0.3, 0.4) is 0 Å². The summed E-state index contributed by atoms with van der Waals surface area (Å²) in [5.41, 5.74) is 0. The van der Waals surface area contributed by atoms with Gasteiger partial charge in [-0.1, -0.05) is 0 Å². The number of carbonyl (C=O) groups excluding carboxylic acids is 1. The van der Waals surface area contributed by atoms with Crippen LogP contribution in [0.15, 0.2) is 0 Å². The van der Waals surface area contributed by atoms with Gasteiger partial charge in [-0.3, -0.25) is 4.90 Å². The van der Waals surface area contributed by atoms with Crippen molar-refractivity contribution in [2.75, 3.05) is 58.9 Å². The summed E-state index contributed by atoms with van der Waals surface area (Å²) < 4.78 is 0. The van der Waals surface area contributed by atoms with Gasteiger partial charge in [0.1, 0.15) is 0 Å². The second-order valence-electron chi connectivity index (χ2n) is 5.94. The van der Waals surface area contributed by atoms with Gasteiger partial charge in [0.05, 0.1) is 0 Å². The van der Waals surface area contributed by atoms with Crippen LogP contribution in [0.5, 0.6) is 0 Å². The van der Waals surface area contributed by atoms with Crippen LogP contribution in [0.4, 0.5) is 4.79 Å². The molecule has 0 saturated carbocycles. The Morgan fingerprint density at radius 3 is 2.25 bits per heavy atom. The van der Waals surface area contributed by atoms with Crippen molar-refractivity contribution >= 4 is 6.03 Å². The molecular weight excluding hydrogens is 252 g/mol. The van der Waals surface area contributed by atoms with E-state index in [9.17, 15) is 4.79 Å². The Kier molecular flexibility index (Phi) is 6.10. The fourth-order valence-corrected chi connectivity index (χ4v) is 3.25. The first-order chi connectivity index (χ1) is 9.74. The maximum Gasteiger partial charge on any atom is 0.320 e. The summed E-state index contributed by atoms with van der Waals surface area (Å²) in [4.78, 5) is 18.8. The van der Waals surface area contributed by atoms with E-state index in [1.807, 2.05) is 9.80 Å². The van der Waals surface area contributed by atoms with Gasteiger partial charge >= 0.3 is 6.03 Å². The summed E-state index contributed by atoms with van der Waals surface area (Å²) in [6.45, 7) is 13.1. The summed E-state index contributed by atoms with van der Waals surface area (Å²) in [7, 11) is 0. The molecule has 0 unspecified atom stereocenters. The Labute approximate surface area is 123 Å². The molecule has 0 bridgehead atoms. The number of rotatable bonds is 4. The SMILES string of the molecule is CCN(CC)C(=O)N1CCN(CC2CCNCC2)CC1. The molecule has 2 heterocycles. The fourth-order valence-electron chi connectivity index (χ4n) is 3.25. The molecule has 116 valence electrons. The molecule has 2 rings (SSSR count). The lowest BCUT2D eigenvalue weighted by molar-refractivity contribution is 0.103. The zero-order chi connectivity index (χ0) is 14.4. The van der Waals surface area contributed by atoms with E-state index < -0.39 is 0 Å². The van der Waals surface area contributed by atoms with Gasteiger partial charge in [0.25, 0.3) is 0 Å². The van der Waals surface area contributed by atoms with Crippen LogP contribution in [-0.2, 0) is 0 Å². The van der Waals surface area contributed by atoms with Gasteiger partial charge in [-0.15, -0.1) is 0 Å². The number of urea groups is 1. The van der Waals surface area contributed by atoms with Crippen LogP contribution < -0.4 is 5.32 Å². The first kappa shape index (κ1) is 15.6.